The van der Waals surface area contributed by atoms with E-state index in [1.54, 1.807) is 4.90 Å². The Bertz CT molecular complexity index is 830. The zero-order chi connectivity index (χ0) is 20.3. The van der Waals surface area contributed by atoms with Crippen LogP contribution >= 0.6 is 12.4 Å². The molecule has 156 valence electrons. The Kier molecular flexibility index (Phi) is 7.76. The van der Waals surface area contributed by atoms with Gasteiger partial charge in [-0.1, -0.05) is 44.2 Å². The fourth-order valence-corrected chi connectivity index (χ4v) is 3.60. The van der Waals surface area contributed by atoms with Crippen LogP contribution < -0.4 is 11.1 Å². The Balaban J connectivity index is 0.00000300. The Morgan fingerprint density at radius 3 is 2.28 bits per heavy atom. The van der Waals surface area contributed by atoms with Gasteiger partial charge in [0.1, 0.15) is 11.9 Å². The van der Waals surface area contributed by atoms with E-state index in [1.807, 2.05) is 44.2 Å². The summed E-state index contributed by atoms with van der Waals surface area (Å²) < 4.78 is 13.1. The van der Waals surface area contributed by atoms with Gasteiger partial charge in [0.25, 0.3) is 5.91 Å². The third-order valence-electron chi connectivity index (χ3n) is 5.23. The fourth-order valence-electron chi connectivity index (χ4n) is 3.60. The standard InChI is InChI=1S/C22H26FN3O2.ClH/c1-14(2)20(25-21(27)16-8-10-17(23)11-9-16)22(28)26-12-18(19(24)13-26)15-6-4-3-5-7-15;/h3-11,14,18-20H,12-13,24H2,1-2H3,(H,25,27);1H/t18-,19+,20?;/m0./s1. The second kappa shape index (κ2) is 9.85. The molecule has 7 heteroatoms. The molecule has 0 bridgehead atoms. The average molecular weight is 420 g/mol. The summed E-state index contributed by atoms with van der Waals surface area (Å²) in [5.74, 6) is -0.963. The quantitative estimate of drug-likeness (QED) is 0.782. The van der Waals surface area contributed by atoms with Crippen LogP contribution in [0.1, 0.15) is 35.7 Å². The monoisotopic (exact) mass is 419 g/mol. The van der Waals surface area contributed by atoms with E-state index in [1.165, 1.54) is 24.3 Å². The number of hydrogen-bond acceptors (Lipinski definition) is 3. The van der Waals surface area contributed by atoms with Crippen LogP contribution in [0.3, 0.4) is 0 Å². The second-order valence-corrected chi connectivity index (χ2v) is 7.63. The van der Waals surface area contributed by atoms with Crippen LogP contribution in [-0.2, 0) is 4.79 Å². The Morgan fingerprint density at radius 1 is 1.07 bits per heavy atom. The summed E-state index contributed by atoms with van der Waals surface area (Å²) in [6.07, 6.45) is 0. The number of hydrogen-bond donors (Lipinski definition) is 2. The van der Waals surface area contributed by atoms with Gasteiger partial charge in [-0.05, 0) is 35.7 Å². The van der Waals surface area contributed by atoms with Crippen molar-refractivity contribution >= 4 is 24.2 Å². The van der Waals surface area contributed by atoms with Crippen molar-refractivity contribution in [3.05, 3.63) is 71.5 Å². The predicted octanol–water partition coefficient (Wildman–Crippen LogP) is 2.96. The van der Waals surface area contributed by atoms with E-state index in [4.69, 9.17) is 5.73 Å². The van der Waals surface area contributed by atoms with E-state index in [-0.39, 0.29) is 36.2 Å². The first-order valence-electron chi connectivity index (χ1n) is 9.52. The Labute approximate surface area is 176 Å². The van der Waals surface area contributed by atoms with Crippen LogP contribution in [0.15, 0.2) is 54.6 Å². The number of carbonyl (C=O) groups excluding carboxylic acids is 2. The topological polar surface area (TPSA) is 75.4 Å². The zero-order valence-corrected chi connectivity index (χ0v) is 17.4. The van der Waals surface area contributed by atoms with E-state index in [0.29, 0.717) is 18.7 Å². The largest absolute Gasteiger partial charge is 0.340 e. The number of benzene rings is 2. The van der Waals surface area contributed by atoms with Crippen molar-refractivity contribution in [3.63, 3.8) is 0 Å². The highest BCUT2D eigenvalue weighted by atomic mass is 35.5. The fraction of sp³-hybridized carbons (Fsp3) is 0.364. The van der Waals surface area contributed by atoms with Gasteiger partial charge in [0.15, 0.2) is 0 Å². The third kappa shape index (κ3) is 5.34. The second-order valence-electron chi connectivity index (χ2n) is 7.63. The molecule has 3 atom stereocenters. The SMILES string of the molecule is CC(C)C(NC(=O)c1ccc(F)cc1)C(=O)N1C[C@@H](N)[C@H](c2ccccc2)C1.Cl. The normalized spacial score (nSPS) is 19.6. The van der Waals surface area contributed by atoms with Gasteiger partial charge in [-0.3, -0.25) is 9.59 Å². The molecule has 3 N–H and O–H groups in total. The van der Waals surface area contributed by atoms with E-state index >= 15 is 0 Å². The van der Waals surface area contributed by atoms with E-state index in [0.717, 1.165) is 5.56 Å². The summed E-state index contributed by atoms with van der Waals surface area (Å²) in [6, 6.07) is 14.4. The van der Waals surface area contributed by atoms with Crippen molar-refractivity contribution in [2.24, 2.45) is 11.7 Å². The molecule has 1 unspecified atom stereocenters. The van der Waals surface area contributed by atoms with Crippen LogP contribution in [0.4, 0.5) is 4.39 Å². The molecule has 0 radical (unpaired) electrons. The number of likely N-dealkylation sites (tertiary alicyclic amines) is 1. The lowest BCUT2D eigenvalue weighted by atomic mass is 9.95. The van der Waals surface area contributed by atoms with Gasteiger partial charge < -0.3 is 16.0 Å². The number of halogens is 2. The van der Waals surface area contributed by atoms with Crippen LogP contribution in [0, 0.1) is 11.7 Å². The van der Waals surface area contributed by atoms with Crippen LogP contribution in [0.25, 0.3) is 0 Å². The van der Waals surface area contributed by atoms with Gasteiger partial charge >= 0.3 is 0 Å². The van der Waals surface area contributed by atoms with Gasteiger partial charge in [-0.25, -0.2) is 4.39 Å². The summed E-state index contributed by atoms with van der Waals surface area (Å²) in [7, 11) is 0. The summed E-state index contributed by atoms with van der Waals surface area (Å²) in [4.78, 5) is 27.4. The van der Waals surface area contributed by atoms with Crippen molar-refractivity contribution in [1.82, 2.24) is 10.2 Å². The van der Waals surface area contributed by atoms with Crippen molar-refractivity contribution in [1.29, 1.82) is 0 Å². The molecule has 1 fully saturated rings. The lowest BCUT2D eigenvalue weighted by Crippen LogP contribution is -2.51. The number of rotatable bonds is 5. The molecule has 0 aliphatic carbocycles. The Hall–Kier alpha value is -2.44. The number of nitrogens with one attached hydrogen (secondary N) is 1. The number of carbonyl (C=O) groups is 2. The Morgan fingerprint density at radius 2 is 1.69 bits per heavy atom. The molecule has 2 aromatic rings. The summed E-state index contributed by atoms with van der Waals surface area (Å²) in [5.41, 5.74) is 7.74. The van der Waals surface area contributed by atoms with Gasteiger partial charge in [0.05, 0.1) is 0 Å². The minimum absolute atomic E-state index is 0. The van der Waals surface area contributed by atoms with Gasteiger partial charge in [0, 0.05) is 30.6 Å². The molecule has 1 saturated heterocycles. The molecular weight excluding hydrogens is 393 g/mol. The highest BCUT2D eigenvalue weighted by molar-refractivity contribution is 5.97. The number of amides is 2. The minimum Gasteiger partial charge on any atom is -0.340 e. The number of nitrogens with zero attached hydrogens (tertiary/aromatic N) is 1. The third-order valence-corrected chi connectivity index (χ3v) is 5.23. The van der Waals surface area contributed by atoms with Crippen molar-refractivity contribution in [2.45, 2.75) is 31.8 Å². The van der Waals surface area contributed by atoms with Crippen molar-refractivity contribution in [3.8, 4) is 0 Å². The summed E-state index contributed by atoms with van der Waals surface area (Å²) in [5, 5.41) is 2.80. The smallest absolute Gasteiger partial charge is 0.251 e. The lowest BCUT2D eigenvalue weighted by Gasteiger charge is -2.27. The molecule has 1 heterocycles. The molecule has 29 heavy (non-hydrogen) atoms. The highest BCUT2D eigenvalue weighted by Gasteiger charge is 2.37. The van der Waals surface area contributed by atoms with E-state index in [2.05, 4.69) is 5.32 Å². The van der Waals surface area contributed by atoms with Gasteiger partial charge in [-0.15, -0.1) is 12.4 Å². The van der Waals surface area contributed by atoms with Crippen LogP contribution in [0.5, 0.6) is 0 Å². The minimum atomic E-state index is -0.667. The highest BCUT2D eigenvalue weighted by Crippen LogP contribution is 2.27. The number of nitrogens with two attached hydrogens (primary N) is 1. The molecule has 2 amide bonds. The summed E-state index contributed by atoms with van der Waals surface area (Å²) in [6.45, 7) is 4.75. The molecular formula is C22H27ClFN3O2. The van der Waals surface area contributed by atoms with E-state index < -0.39 is 17.8 Å². The van der Waals surface area contributed by atoms with Crippen LogP contribution in [0.2, 0.25) is 0 Å². The maximum atomic E-state index is 13.1. The molecule has 2 aromatic carbocycles. The first-order valence-corrected chi connectivity index (χ1v) is 9.52. The maximum Gasteiger partial charge on any atom is 0.251 e. The molecule has 0 saturated carbocycles. The van der Waals surface area contributed by atoms with Gasteiger partial charge in [-0.2, -0.15) is 0 Å². The molecule has 3 rings (SSSR count). The van der Waals surface area contributed by atoms with Crippen LogP contribution in [-0.4, -0.2) is 41.9 Å². The van der Waals surface area contributed by atoms with Crippen molar-refractivity contribution < 1.29 is 14.0 Å². The first kappa shape index (κ1) is 22.8. The summed E-state index contributed by atoms with van der Waals surface area (Å²) >= 11 is 0. The zero-order valence-electron chi connectivity index (χ0n) is 16.5. The van der Waals surface area contributed by atoms with Crippen molar-refractivity contribution in [2.75, 3.05) is 13.1 Å². The lowest BCUT2D eigenvalue weighted by molar-refractivity contribution is -0.133. The maximum absolute atomic E-state index is 13.1. The first-order chi connectivity index (χ1) is 13.4. The molecule has 1 aliphatic rings. The predicted molar refractivity (Wildman–Crippen MR) is 113 cm³/mol. The molecule has 1 aliphatic heterocycles. The molecule has 0 spiro atoms. The van der Waals surface area contributed by atoms with E-state index in [9.17, 15) is 14.0 Å². The van der Waals surface area contributed by atoms with Gasteiger partial charge in [0.2, 0.25) is 5.91 Å². The molecule has 5 nitrogen and oxygen atoms in total. The average Bonchev–Trinajstić information content (AvgIpc) is 3.08. The molecule has 0 aromatic heterocycles.